The Morgan fingerprint density at radius 2 is 0.768 bits per heavy atom. The lowest BCUT2D eigenvalue weighted by Gasteiger charge is -2.51. The second-order valence-corrected chi connectivity index (χ2v) is 35.0. The molecule has 3 aliphatic carbocycles. The molecule has 12 rings (SSSR count). The maximum absolute atomic E-state index is 13.9. The summed E-state index contributed by atoms with van der Waals surface area (Å²) < 4.78 is 22.3. The van der Waals surface area contributed by atoms with Gasteiger partial charge >= 0.3 is 18.1 Å². The molecule has 18 heteroatoms. The third kappa shape index (κ3) is 16.0. The van der Waals surface area contributed by atoms with E-state index in [1.54, 1.807) is 21.3 Å². The fourth-order valence-corrected chi connectivity index (χ4v) is 17.8. The average molecular weight is 1370 g/mol. The Morgan fingerprint density at radius 3 is 1.08 bits per heavy atom. The van der Waals surface area contributed by atoms with Crippen molar-refractivity contribution in [3.8, 4) is 17.2 Å². The number of nitrogens with zero attached hydrogens (tertiary/aromatic N) is 8. The molecule has 3 spiro atoms. The van der Waals surface area contributed by atoms with Gasteiger partial charge in [0.1, 0.15) is 17.2 Å². The van der Waals surface area contributed by atoms with Gasteiger partial charge in [-0.2, -0.15) is 0 Å². The second kappa shape index (κ2) is 31.6. The summed E-state index contributed by atoms with van der Waals surface area (Å²) in [5.74, 6) is 2.49. The van der Waals surface area contributed by atoms with E-state index in [-0.39, 0.29) is 57.9 Å². The molecule has 6 aromatic carbocycles. The van der Waals surface area contributed by atoms with E-state index >= 15 is 0 Å². The van der Waals surface area contributed by atoms with Crippen molar-refractivity contribution in [2.75, 3.05) is 110 Å². The fourth-order valence-electron chi connectivity index (χ4n) is 16.9. The number of ether oxygens (including phenoxy) is 3. The van der Waals surface area contributed by atoms with Crippen molar-refractivity contribution in [1.29, 1.82) is 0 Å². The lowest BCUT2D eigenvalue weighted by molar-refractivity contribution is 0.0201. The van der Waals surface area contributed by atoms with E-state index < -0.39 is 8.32 Å². The maximum Gasteiger partial charge on any atom is 0.320 e. The highest BCUT2D eigenvalue weighted by atomic mass is 28.4. The Morgan fingerprint density at radius 1 is 0.444 bits per heavy atom. The monoisotopic (exact) mass is 1370 g/mol. The van der Waals surface area contributed by atoms with Gasteiger partial charge in [-0.15, -0.1) is 0 Å². The molecule has 6 amide bonds. The Hall–Kier alpha value is -7.45. The van der Waals surface area contributed by atoms with Crippen molar-refractivity contribution in [2.24, 2.45) is 0 Å². The van der Waals surface area contributed by atoms with Crippen LogP contribution in [0.1, 0.15) is 124 Å². The van der Waals surface area contributed by atoms with Gasteiger partial charge in [-0.1, -0.05) is 141 Å². The number of benzene rings is 6. The highest BCUT2D eigenvalue weighted by Gasteiger charge is 2.57. The number of aliphatic hydroxyl groups excluding tert-OH is 1. The summed E-state index contributed by atoms with van der Waals surface area (Å²) in [6.07, 6.45) is 11.9. The molecule has 99 heavy (non-hydrogen) atoms. The molecule has 0 aromatic heterocycles. The topological polar surface area (TPSA) is 146 Å². The van der Waals surface area contributed by atoms with Crippen LogP contribution in [-0.4, -0.2) is 197 Å². The van der Waals surface area contributed by atoms with Crippen LogP contribution >= 0.6 is 0 Å². The number of carbonyl (C=O) groups excluding carboxylic acids is 3. The fraction of sp³-hybridized carbons (Fsp3) is 0.519. The highest BCUT2D eigenvalue weighted by Crippen LogP contribution is 2.52. The normalized spacial score (nSPS) is 25.4. The number of carbonyl (C=O) groups is 3. The number of amides is 6. The first-order valence-electron chi connectivity index (χ1n) is 36.0. The van der Waals surface area contributed by atoms with Crippen LogP contribution in [0.2, 0.25) is 18.6 Å². The molecule has 6 aliphatic rings. The third-order valence-electron chi connectivity index (χ3n) is 23.9. The number of nitrogens with one attached hydrogen (secondary N) is 1. The zero-order valence-corrected chi connectivity index (χ0v) is 62.6. The average Bonchev–Trinajstić information content (AvgIpc) is 1.50. The van der Waals surface area contributed by atoms with Crippen molar-refractivity contribution in [3.63, 3.8) is 0 Å². The van der Waals surface area contributed by atoms with Crippen molar-refractivity contribution in [2.45, 2.75) is 162 Å². The quantitative estimate of drug-likeness (QED) is 0.0626. The van der Waals surface area contributed by atoms with Gasteiger partial charge in [0.2, 0.25) is 0 Å². The summed E-state index contributed by atoms with van der Waals surface area (Å²) in [5.41, 5.74) is 7.48. The van der Waals surface area contributed by atoms with Crippen molar-refractivity contribution >= 4 is 26.4 Å². The van der Waals surface area contributed by atoms with E-state index in [9.17, 15) is 19.5 Å². The van der Waals surface area contributed by atoms with Crippen LogP contribution in [0.3, 0.4) is 0 Å². The van der Waals surface area contributed by atoms with Gasteiger partial charge in [-0.25, -0.2) is 14.4 Å². The SMILES string of the molecule is COc1ccc(CN2CC3(CCC(c4ccccc4)(N(C)C)CC3)N(CCO)C2=O)cc1.COc1ccc(CN2CC3(CCC(c4ccccc4)(N(C)C)CC3)N(CCO[Si](C)(C)C(C)C)C2=O)cc1.COc1ccc(CN2CC3(CCC(c4ccccc4)(N(C)C)CC3)NC2=O)cc1. The molecule has 6 fully saturated rings. The van der Waals surface area contributed by atoms with E-state index in [1.165, 1.54) is 16.7 Å². The molecule has 3 aliphatic heterocycles. The molecule has 17 nitrogen and oxygen atoms in total. The van der Waals surface area contributed by atoms with Gasteiger partial charge in [-0.05, 0) is 208 Å². The smallest absolute Gasteiger partial charge is 0.320 e. The van der Waals surface area contributed by atoms with Crippen LogP contribution < -0.4 is 19.5 Å². The molecule has 534 valence electrons. The Labute approximate surface area is 592 Å². The zero-order valence-electron chi connectivity index (χ0n) is 61.6. The summed E-state index contributed by atoms with van der Waals surface area (Å²) >= 11 is 0. The molecule has 3 saturated heterocycles. The number of aliphatic hydroxyl groups is 1. The second-order valence-electron chi connectivity index (χ2n) is 30.3. The van der Waals surface area contributed by atoms with Gasteiger partial charge in [0.05, 0.1) is 51.2 Å². The molecule has 0 unspecified atom stereocenters. The van der Waals surface area contributed by atoms with E-state index in [0.29, 0.717) is 51.4 Å². The van der Waals surface area contributed by atoms with Crippen LogP contribution in [0.25, 0.3) is 0 Å². The number of methoxy groups -OCH3 is 3. The molecular weight excluding hydrogens is 1260 g/mol. The molecule has 0 radical (unpaired) electrons. The van der Waals surface area contributed by atoms with Crippen molar-refractivity contribution in [1.82, 2.24) is 44.5 Å². The number of hydrogen-bond donors (Lipinski definition) is 2. The largest absolute Gasteiger partial charge is 0.497 e. The minimum atomic E-state index is -1.77. The predicted octanol–water partition coefficient (Wildman–Crippen LogP) is 14.0. The molecular formula is C81H113N9O8Si. The van der Waals surface area contributed by atoms with E-state index in [4.69, 9.17) is 18.6 Å². The summed E-state index contributed by atoms with van der Waals surface area (Å²) in [7, 11) is 16.3. The standard InChI is InChI=1S/C31H47N3O3Si.C26H35N3O3.C24H31N3O2/c1-25(2)38(6,7)37-22-21-34-29(35)33(23-26-13-15-28(36-5)16-14-26)24-30(34)17-19-31(20-18-30,32(3)4)27-11-9-8-10-12-27;1-27(2)26(22-7-5-4-6-8-22)15-13-25(14-16-26)20-28(24(31)29(25)17-18-30)19-21-9-11-23(32-3)12-10-21;1-26(2)24(20-7-5-4-6-8-20)15-13-23(14-16-24)18-27(22(28)25-23)17-19-9-11-21(29-3)12-10-19/h8-16,25H,17-24H2,1-7H3;4-12,30H,13-20H2,1-3H3;4-12H,13-18H2,1-3H3,(H,25,28). The third-order valence-corrected chi connectivity index (χ3v) is 27.7. The van der Waals surface area contributed by atoms with Gasteiger partial charge in [0.25, 0.3) is 0 Å². The van der Waals surface area contributed by atoms with Crippen LogP contribution in [0.5, 0.6) is 17.2 Å². The summed E-state index contributed by atoms with van der Waals surface area (Å²) in [5, 5.41) is 13.1. The number of β-amino-alcohol motifs (C(OH)–C–C–N with tert-alkyl or cyclic N) is 1. The van der Waals surface area contributed by atoms with Crippen LogP contribution in [-0.2, 0) is 40.7 Å². The Kier molecular flexibility index (Phi) is 23.7. The molecule has 3 heterocycles. The van der Waals surface area contributed by atoms with Crippen molar-refractivity contribution in [3.05, 3.63) is 197 Å². The van der Waals surface area contributed by atoms with Crippen LogP contribution in [0, 0.1) is 0 Å². The molecule has 0 bridgehead atoms. The Balaban J connectivity index is 0.000000162. The van der Waals surface area contributed by atoms with E-state index in [0.717, 1.165) is 124 Å². The van der Waals surface area contributed by atoms with E-state index in [1.807, 2.05) is 75.4 Å². The minimum Gasteiger partial charge on any atom is -0.497 e. The predicted molar refractivity (Wildman–Crippen MR) is 398 cm³/mol. The first-order valence-corrected chi connectivity index (χ1v) is 38.9. The lowest BCUT2D eigenvalue weighted by Crippen LogP contribution is -2.56. The maximum atomic E-state index is 13.9. The van der Waals surface area contributed by atoms with Gasteiger partial charge < -0.3 is 53.6 Å². The summed E-state index contributed by atoms with van der Waals surface area (Å²) in [6, 6.07) is 56.6. The highest BCUT2D eigenvalue weighted by molar-refractivity contribution is 6.72. The first kappa shape index (κ1) is 74.2. The van der Waals surface area contributed by atoms with Crippen LogP contribution in [0.15, 0.2) is 164 Å². The Bertz CT molecular complexity index is 3560. The molecule has 6 aromatic rings. The van der Waals surface area contributed by atoms with Crippen molar-refractivity contribution < 1.29 is 38.1 Å². The van der Waals surface area contributed by atoms with E-state index in [2.05, 4.69) is 202 Å². The van der Waals surface area contributed by atoms with Gasteiger partial charge in [0.15, 0.2) is 8.32 Å². The molecule has 2 N–H and O–H groups in total. The molecule has 3 saturated carbocycles. The minimum absolute atomic E-state index is 0.00627. The number of urea groups is 3. The van der Waals surface area contributed by atoms with Gasteiger partial charge in [0, 0.05) is 69.0 Å². The number of hydrogen-bond acceptors (Lipinski definition) is 11. The summed E-state index contributed by atoms with van der Waals surface area (Å²) in [6.45, 7) is 14.8. The summed E-state index contributed by atoms with van der Waals surface area (Å²) in [4.78, 5) is 57.2. The zero-order chi connectivity index (χ0) is 70.8. The lowest BCUT2D eigenvalue weighted by atomic mass is 9.68. The first-order chi connectivity index (χ1) is 47.4. The number of rotatable bonds is 22. The van der Waals surface area contributed by atoms with Gasteiger partial charge in [-0.3, -0.25) is 14.7 Å². The van der Waals surface area contributed by atoms with Crippen LogP contribution in [0.4, 0.5) is 14.4 Å². The molecule has 0 atom stereocenters.